The Morgan fingerprint density at radius 3 is 2.60 bits per heavy atom. The topological polar surface area (TPSA) is 64.4 Å². The fraction of sp³-hybridized carbons (Fsp3) is 0.474. The van der Waals surface area contributed by atoms with E-state index in [-0.39, 0.29) is 11.4 Å². The summed E-state index contributed by atoms with van der Waals surface area (Å²) in [5.41, 5.74) is 0.852. The molecule has 1 aliphatic carbocycles. The third-order valence-electron chi connectivity index (χ3n) is 4.86. The van der Waals surface area contributed by atoms with Crippen molar-refractivity contribution < 1.29 is 14.1 Å². The molecule has 3 rings (SSSR count). The molecule has 134 valence electrons. The van der Waals surface area contributed by atoms with Crippen LogP contribution in [0.1, 0.15) is 49.8 Å². The van der Waals surface area contributed by atoms with Crippen molar-refractivity contribution in [1.29, 1.82) is 0 Å². The molecule has 1 N–H and O–H groups in total. The Hall–Kier alpha value is -2.01. The Balaban J connectivity index is 1.70. The van der Waals surface area contributed by atoms with Gasteiger partial charge in [0.15, 0.2) is 5.15 Å². The number of halogens is 1. The first-order chi connectivity index (χ1) is 12.1. The van der Waals surface area contributed by atoms with E-state index in [1.165, 1.54) is 6.42 Å². The maximum absolute atomic E-state index is 12.6. The van der Waals surface area contributed by atoms with Crippen LogP contribution in [0.15, 0.2) is 34.9 Å². The lowest BCUT2D eigenvalue weighted by molar-refractivity contribution is -0.123. The smallest absolute Gasteiger partial charge is 0.221 e. The van der Waals surface area contributed by atoms with Crippen LogP contribution in [-0.2, 0) is 16.8 Å². The number of carbonyl (C=O) groups is 1. The largest absolute Gasteiger partial charge is 0.497 e. The fourth-order valence-electron chi connectivity index (χ4n) is 3.52. The van der Waals surface area contributed by atoms with E-state index in [1.54, 1.807) is 13.2 Å². The van der Waals surface area contributed by atoms with Gasteiger partial charge >= 0.3 is 0 Å². The number of aromatic nitrogens is 1. The summed E-state index contributed by atoms with van der Waals surface area (Å²) in [5.74, 6) is 1.47. The number of carbonyl (C=O) groups excluding carboxylic acids is 1. The number of nitrogens with zero attached hydrogens (tertiary/aromatic N) is 1. The van der Waals surface area contributed by atoms with E-state index in [4.69, 9.17) is 20.9 Å². The summed E-state index contributed by atoms with van der Waals surface area (Å²) >= 11 is 5.74. The molecule has 1 aromatic heterocycles. The lowest BCUT2D eigenvalue weighted by atomic mass is 9.76. The zero-order valence-corrected chi connectivity index (χ0v) is 15.1. The minimum atomic E-state index is -0.291. The number of benzene rings is 1. The van der Waals surface area contributed by atoms with Crippen LogP contribution >= 0.6 is 11.6 Å². The number of hydrogen-bond donors (Lipinski definition) is 1. The minimum Gasteiger partial charge on any atom is -0.497 e. The second kappa shape index (κ2) is 7.91. The Kier molecular flexibility index (Phi) is 5.63. The standard InChI is InChI=1S/C19H23ClN2O3/c1-24-15-7-5-14(6-8-15)19(11-3-2-4-12-19)21-18(23)10-9-16-13-17(20)22-25-16/h5-8,13H,2-4,9-12H2,1H3,(H,21,23). The van der Waals surface area contributed by atoms with Gasteiger partial charge in [0.25, 0.3) is 0 Å². The molecule has 2 aromatic rings. The van der Waals surface area contributed by atoms with Gasteiger partial charge in [-0.15, -0.1) is 0 Å². The summed E-state index contributed by atoms with van der Waals surface area (Å²) in [6.07, 6.45) is 6.20. The quantitative estimate of drug-likeness (QED) is 0.834. The molecule has 1 heterocycles. The molecular formula is C19H23ClN2O3. The molecule has 0 bridgehead atoms. The fourth-order valence-corrected chi connectivity index (χ4v) is 3.68. The summed E-state index contributed by atoms with van der Waals surface area (Å²) in [5, 5.41) is 7.24. The molecule has 6 heteroatoms. The molecule has 0 spiro atoms. The van der Waals surface area contributed by atoms with Crippen molar-refractivity contribution >= 4 is 17.5 Å². The van der Waals surface area contributed by atoms with E-state index in [0.29, 0.717) is 23.8 Å². The zero-order valence-electron chi connectivity index (χ0n) is 14.4. The monoisotopic (exact) mass is 362 g/mol. The number of methoxy groups -OCH3 is 1. The maximum Gasteiger partial charge on any atom is 0.221 e. The van der Waals surface area contributed by atoms with Crippen LogP contribution in [0.3, 0.4) is 0 Å². The van der Waals surface area contributed by atoms with Gasteiger partial charge in [-0.2, -0.15) is 0 Å². The van der Waals surface area contributed by atoms with Gasteiger partial charge in [0.1, 0.15) is 11.5 Å². The van der Waals surface area contributed by atoms with Crippen molar-refractivity contribution in [2.24, 2.45) is 0 Å². The van der Waals surface area contributed by atoms with Gasteiger partial charge in [-0.05, 0) is 30.5 Å². The van der Waals surface area contributed by atoms with Crippen LogP contribution in [0.2, 0.25) is 5.15 Å². The molecule has 0 saturated heterocycles. The van der Waals surface area contributed by atoms with E-state index in [0.717, 1.165) is 37.0 Å². The molecule has 5 nitrogen and oxygen atoms in total. The highest BCUT2D eigenvalue weighted by molar-refractivity contribution is 6.29. The zero-order chi connectivity index (χ0) is 17.7. The van der Waals surface area contributed by atoms with Crippen LogP contribution in [0.4, 0.5) is 0 Å². The third-order valence-corrected chi connectivity index (χ3v) is 5.04. The van der Waals surface area contributed by atoms with E-state index < -0.39 is 0 Å². The predicted octanol–water partition coefficient (Wildman–Crippen LogP) is 4.25. The molecule has 0 atom stereocenters. The second-order valence-electron chi connectivity index (χ2n) is 6.54. The molecule has 1 fully saturated rings. The van der Waals surface area contributed by atoms with Gasteiger partial charge in [-0.1, -0.05) is 48.2 Å². The first-order valence-electron chi connectivity index (χ1n) is 8.68. The Morgan fingerprint density at radius 1 is 1.28 bits per heavy atom. The summed E-state index contributed by atoms with van der Waals surface area (Å²) in [4.78, 5) is 12.6. The summed E-state index contributed by atoms with van der Waals surface area (Å²) in [6, 6.07) is 9.67. The van der Waals surface area contributed by atoms with Gasteiger partial charge in [-0.3, -0.25) is 4.79 Å². The Labute approximate surface area is 152 Å². The molecule has 1 saturated carbocycles. The van der Waals surface area contributed by atoms with Crippen molar-refractivity contribution in [3.05, 3.63) is 46.8 Å². The van der Waals surface area contributed by atoms with Gasteiger partial charge in [0, 0.05) is 18.9 Å². The summed E-state index contributed by atoms with van der Waals surface area (Å²) < 4.78 is 10.3. The molecule has 0 radical (unpaired) electrons. The van der Waals surface area contributed by atoms with E-state index in [1.807, 2.05) is 12.1 Å². The van der Waals surface area contributed by atoms with Gasteiger partial charge < -0.3 is 14.6 Å². The lowest BCUT2D eigenvalue weighted by Gasteiger charge is -2.39. The molecular weight excluding hydrogens is 340 g/mol. The van der Waals surface area contributed by atoms with Crippen molar-refractivity contribution in [2.45, 2.75) is 50.5 Å². The number of ether oxygens (including phenoxy) is 1. The number of rotatable bonds is 6. The first-order valence-corrected chi connectivity index (χ1v) is 9.06. The molecule has 1 amide bonds. The highest BCUT2D eigenvalue weighted by Crippen LogP contribution is 2.37. The maximum atomic E-state index is 12.6. The van der Waals surface area contributed by atoms with Crippen molar-refractivity contribution in [3.8, 4) is 5.75 Å². The summed E-state index contributed by atoms with van der Waals surface area (Å²) in [6.45, 7) is 0. The van der Waals surface area contributed by atoms with Crippen molar-refractivity contribution in [1.82, 2.24) is 10.5 Å². The average molecular weight is 363 g/mol. The average Bonchev–Trinajstić information content (AvgIpc) is 3.06. The highest BCUT2D eigenvalue weighted by atomic mass is 35.5. The minimum absolute atomic E-state index is 0.0187. The summed E-state index contributed by atoms with van der Waals surface area (Å²) in [7, 11) is 1.66. The van der Waals surface area contributed by atoms with E-state index in [9.17, 15) is 4.79 Å². The SMILES string of the molecule is COc1ccc(C2(NC(=O)CCc3cc(Cl)no3)CCCCC2)cc1. The number of amides is 1. The van der Waals surface area contributed by atoms with Crippen LogP contribution in [0.5, 0.6) is 5.75 Å². The molecule has 0 unspecified atom stereocenters. The van der Waals surface area contributed by atoms with Crippen LogP contribution in [0, 0.1) is 0 Å². The van der Waals surface area contributed by atoms with Gasteiger partial charge in [0.05, 0.1) is 12.6 Å². The van der Waals surface area contributed by atoms with Gasteiger partial charge in [-0.25, -0.2) is 0 Å². The Morgan fingerprint density at radius 2 is 2.00 bits per heavy atom. The van der Waals surface area contributed by atoms with Crippen LogP contribution in [-0.4, -0.2) is 18.2 Å². The highest BCUT2D eigenvalue weighted by Gasteiger charge is 2.35. The second-order valence-corrected chi connectivity index (χ2v) is 6.92. The van der Waals surface area contributed by atoms with Crippen molar-refractivity contribution in [3.63, 3.8) is 0 Å². The molecule has 1 aromatic carbocycles. The number of nitrogens with one attached hydrogen (secondary N) is 1. The third kappa shape index (κ3) is 4.34. The first kappa shape index (κ1) is 17.8. The lowest BCUT2D eigenvalue weighted by Crippen LogP contribution is -2.47. The van der Waals surface area contributed by atoms with Gasteiger partial charge in [0.2, 0.25) is 5.91 Å². The van der Waals surface area contributed by atoms with Crippen molar-refractivity contribution in [2.75, 3.05) is 7.11 Å². The van der Waals surface area contributed by atoms with Crippen LogP contribution in [0.25, 0.3) is 0 Å². The van der Waals surface area contributed by atoms with Crippen LogP contribution < -0.4 is 10.1 Å². The van der Waals surface area contributed by atoms with E-state index >= 15 is 0 Å². The number of aryl methyl sites for hydroxylation is 1. The normalized spacial score (nSPS) is 16.4. The molecule has 25 heavy (non-hydrogen) atoms. The van der Waals surface area contributed by atoms with E-state index in [2.05, 4.69) is 22.6 Å². The molecule has 1 aliphatic rings. The Bertz CT molecular complexity index is 706. The number of hydrogen-bond acceptors (Lipinski definition) is 4. The molecule has 0 aliphatic heterocycles. The predicted molar refractivity (Wildman–Crippen MR) is 95.7 cm³/mol.